The molecule has 1 aromatic carbocycles. The van der Waals surface area contributed by atoms with Crippen LogP contribution in [0.25, 0.3) is 0 Å². The molecule has 1 fully saturated rings. The number of nitrogens with one attached hydrogen (secondary N) is 1. The van der Waals surface area contributed by atoms with Crippen molar-refractivity contribution in [3.8, 4) is 0 Å². The van der Waals surface area contributed by atoms with Crippen molar-refractivity contribution in [1.82, 2.24) is 0 Å². The number of amides is 1. The van der Waals surface area contributed by atoms with Gasteiger partial charge in [0.2, 0.25) is 0 Å². The summed E-state index contributed by atoms with van der Waals surface area (Å²) in [6.07, 6.45) is 2.43. The Balaban J connectivity index is 2.22. The van der Waals surface area contributed by atoms with Gasteiger partial charge in [0.15, 0.2) is 0 Å². The van der Waals surface area contributed by atoms with Crippen LogP contribution in [0.5, 0.6) is 0 Å². The normalized spacial score (nSPS) is 16.6. The minimum absolute atomic E-state index is 0.245. The first kappa shape index (κ1) is 11.9. The van der Waals surface area contributed by atoms with Crippen LogP contribution < -0.4 is 16.8 Å². The molecule has 92 valence electrons. The maximum absolute atomic E-state index is 11.3. The van der Waals surface area contributed by atoms with Gasteiger partial charge in [-0.25, -0.2) is 0 Å². The van der Waals surface area contributed by atoms with Gasteiger partial charge in [-0.2, -0.15) is 0 Å². The van der Waals surface area contributed by atoms with E-state index in [4.69, 9.17) is 11.5 Å². The monoisotopic (exact) mass is 233 g/mol. The van der Waals surface area contributed by atoms with E-state index in [1.807, 2.05) is 19.1 Å². The van der Waals surface area contributed by atoms with Gasteiger partial charge in [0, 0.05) is 18.3 Å². The highest BCUT2D eigenvalue weighted by molar-refractivity contribution is 5.98. The molecule has 1 atom stereocenters. The topological polar surface area (TPSA) is 81.1 Å². The maximum atomic E-state index is 11.3. The molecule has 1 saturated carbocycles. The molecule has 4 heteroatoms. The number of carbonyl (C=O) groups is 1. The first-order valence-electron chi connectivity index (χ1n) is 5.99. The van der Waals surface area contributed by atoms with Crippen molar-refractivity contribution in [3.05, 3.63) is 29.3 Å². The van der Waals surface area contributed by atoms with Crippen molar-refractivity contribution in [2.75, 3.05) is 11.9 Å². The molecule has 1 unspecified atom stereocenters. The second-order valence-electron chi connectivity index (χ2n) is 4.74. The lowest BCUT2D eigenvalue weighted by molar-refractivity contribution is 0.100. The van der Waals surface area contributed by atoms with Crippen LogP contribution in [0.3, 0.4) is 0 Å². The minimum Gasteiger partial charge on any atom is -0.380 e. The quantitative estimate of drug-likeness (QED) is 0.715. The van der Waals surface area contributed by atoms with Gasteiger partial charge >= 0.3 is 0 Å². The van der Waals surface area contributed by atoms with Crippen LogP contribution in [0, 0.1) is 12.8 Å². The number of anilines is 1. The molecule has 17 heavy (non-hydrogen) atoms. The molecular weight excluding hydrogens is 214 g/mol. The Kier molecular flexibility index (Phi) is 3.33. The molecule has 0 saturated heterocycles. The molecule has 1 aliphatic rings. The van der Waals surface area contributed by atoms with Crippen LogP contribution in [0.15, 0.2) is 18.2 Å². The van der Waals surface area contributed by atoms with E-state index in [0.717, 1.165) is 11.3 Å². The summed E-state index contributed by atoms with van der Waals surface area (Å²) >= 11 is 0. The number of hydrogen-bond acceptors (Lipinski definition) is 3. The lowest BCUT2D eigenvalue weighted by Gasteiger charge is -2.19. The maximum Gasteiger partial charge on any atom is 0.250 e. The van der Waals surface area contributed by atoms with Gasteiger partial charge in [0.25, 0.3) is 5.91 Å². The Morgan fingerprint density at radius 2 is 2.24 bits per heavy atom. The van der Waals surface area contributed by atoms with Crippen molar-refractivity contribution in [2.24, 2.45) is 17.4 Å². The highest BCUT2D eigenvalue weighted by Crippen LogP contribution is 2.34. The first-order chi connectivity index (χ1) is 8.11. The molecule has 4 nitrogen and oxygen atoms in total. The summed E-state index contributed by atoms with van der Waals surface area (Å²) in [5.74, 6) is 0.236. The Morgan fingerprint density at radius 1 is 1.53 bits per heavy atom. The largest absolute Gasteiger partial charge is 0.380 e. The van der Waals surface area contributed by atoms with Crippen molar-refractivity contribution in [2.45, 2.75) is 25.8 Å². The van der Waals surface area contributed by atoms with Crippen molar-refractivity contribution in [1.29, 1.82) is 0 Å². The lowest BCUT2D eigenvalue weighted by atomic mass is 10.1. The standard InChI is InChI=1S/C13H19N3O/c1-8-2-5-10(13(15)17)11(6-8)16-12(7-14)9-3-4-9/h2,5-6,9,12,16H,3-4,7,14H2,1H3,(H2,15,17). The van der Waals surface area contributed by atoms with E-state index >= 15 is 0 Å². The van der Waals surface area contributed by atoms with Gasteiger partial charge in [-0.15, -0.1) is 0 Å². The van der Waals surface area contributed by atoms with E-state index in [2.05, 4.69) is 5.32 Å². The molecule has 1 aromatic rings. The smallest absolute Gasteiger partial charge is 0.250 e. The van der Waals surface area contributed by atoms with E-state index in [9.17, 15) is 4.79 Å². The summed E-state index contributed by atoms with van der Waals surface area (Å²) < 4.78 is 0. The summed E-state index contributed by atoms with van der Waals surface area (Å²) in [5.41, 5.74) is 13.6. The van der Waals surface area contributed by atoms with Gasteiger partial charge in [-0.05, 0) is 43.4 Å². The molecule has 0 spiro atoms. The van der Waals surface area contributed by atoms with Crippen LogP contribution in [-0.2, 0) is 0 Å². The number of aryl methyl sites for hydroxylation is 1. The third kappa shape index (κ3) is 2.77. The van der Waals surface area contributed by atoms with Gasteiger partial charge in [0.1, 0.15) is 0 Å². The highest BCUT2D eigenvalue weighted by Gasteiger charge is 2.30. The van der Waals surface area contributed by atoms with Crippen LogP contribution in [-0.4, -0.2) is 18.5 Å². The summed E-state index contributed by atoms with van der Waals surface area (Å²) in [6.45, 7) is 2.57. The number of carbonyl (C=O) groups excluding carboxylic acids is 1. The Morgan fingerprint density at radius 3 is 2.76 bits per heavy atom. The van der Waals surface area contributed by atoms with E-state index in [1.165, 1.54) is 12.8 Å². The Labute approximate surface area is 101 Å². The number of primary amides is 1. The minimum atomic E-state index is -0.404. The number of rotatable bonds is 5. The molecule has 0 aliphatic heterocycles. The zero-order chi connectivity index (χ0) is 12.4. The summed E-state index contributed by atoms with van der Waals surface area (Å²) in [7, 11) is 0. The molecule has 2 rings (SSSR count). The van der Waals surface area contributed by atoms with Gasteiger partial charge < -0.3 is 16.8 Å². The second-order valence-corrected chi connectivity index (χ2v) is 4.74. The zero-order valence-electron chi connectivity index (χ0n) is 10.1. The number of hydrogen-bond donors (Lipinski definition) is 3. The van der Waals surface area contributed by atoms with Crippen LogP contribution >= 0.6 is 0 Å². The molecule has 0 bridgehead atoms. The van der Waals surface area contributed by atoms with Crippen LogP contribution in [0.2, 0.25) is 0 Å². The molecule has 5 N–H and O–H groups in total. The lowest BCUT2D eigenvalue weighted by Crippen LogP contribution is -2.32. The summed E-state index contributed by atoms with van der Waals surface area (Å²) in [5, 5.41) is 3.36. The second kappa shape index (κ2) is 4.75. The number of nitrogens with two attached hydrogens (primary N) is 2. The number of benzene rings is 1. The van der Waals surface area contributed by atoms with Gasteiger partial charge in [0.05, 0.1) is 5.56 Å². The third-order valence-electron chi connectivity index (χ3n) is 3.23. The van der Waals surface area contributed by atoms with E-state index < -0.39 is 5.91 Å². The fourth-order valence-electron chi connectivity index (χ4n) is 2.06. The first-order valence-corrected chi connectivity index (χ1v) is 5.99. The SMILES string of the molecule is Cc1ccc(C(N)=O)c(NC(CN)C2CC2)c1. The highest BCUT2D eigenvalue weighted by atomic mass is 16.1. The third-order valence-corrected chi connectivity index (χ3v) is 3.23. The van der Waals surface area contributed by atoms with Crippen LogP contribution in [0.1, 0.15) is 28.8 Å². The predicted octanol–water partition coefficient (Wildman–Crippen LogP) is 1.24. The van der Waals surface area contributed by atoms with Crippen molar-refractivity contribution >= 4 is 11.6 Å². The average molecular weight is 233 g/mol. The van der Waals surface area contributed by atoms with E-state index in [1.54, 1.807) is 6.07 Å². The molecular formula is C13H19N3O. The Bertz CT molecular complexity index is 427. The summed E-state index contributed by atoms with van der Waals surface area (Å²) in [4.78, 5) is 11.3. The fraction of sp³-hybridized carbons (Fsp3) is 0.462. The molecule has 1 amide bonds. The molecule has 1 aliphatic carbocycles. The van der Waals surface area contributed by atoms with Crippen molar-refractivity contribution < 1.29 is 4.79 Å². The zero-order valence-corrected chi connectivity index (χ0v) is 10.1. The fourth-order valence-corrected chi connectivity index (χ4v) is 2.06. The van der Waals surface area contributed by atoms with Gasteiger partial charge in [-0.1, -0.05) is 6.07 Å². The molecule has 0 heterocycles. The van der Waals surface area contributed by atoms with Crippen molar-refractivity contribution in [3.63, 3.8) is 0 Å². The van der Waals surface area contributed by atoms with E-state index in [0.29, 0.717) is 18.0 Å². The molecule has 0 radical (unpaired) electrons. The average Bonchev–Trinajstić information content (AvgIpc) is 3.09. The van der Waals surface area contributed by atoms with Crippen LogP contribution in [0.4, 0.5) is 5.69 Å². The summed E-state index contributed by atoms with van der Waals surface area (Å²) in [6, 6.07) is 5.85. The van der Waals surface area contributed by atoms with E-state index in [-0.39, 0.29) is 6.04 Å². The predicted molar refractivity (Wildman–Crippen MR) is 68.9 cm³/mol. The Hall–Kier alpha value is -1.55. The molecule has 0 aromatic heterocycles. The van der Waals surface area contributed by atoms with Gasteiger partial charge in [-0.3, -0.25) is 4.79 Å².